The summed E-state index contributed by atoms with van der Waals surface area (Å²) in [6, 6.07) is 19.9. The smallest absolute Gasteiger partial charge is 0.283 e. The molecule has 9 heteroatoms. The van der Waals surface area contributed by atoms with Crippen molar-refractivity contribution in [2.45, 2.75) is 15.4 Å². The summed E-state index contributed by atoms with van der Waals surface area (Å²) in [7, 11) is 0. The molecule has 1 aliphatic heterocycles. The van der Waals surface area contributed by atoms with Gasteiger partial charge in [0.1, 0.15) is 6.17 Å². The van der Waals surface area contributed by atoms with Gasteiger partial charge in [-0.05, 0) is 30.3 Å². The van der Waals surface area contributed by atoms with Crippen LogP contribution in [0.25, 0.3) is 10.2 Å². The molecule has 30 heavy (non-hydrogen) atoms. The third kappa shape index (κ3) is 3.38. The Morgan fingerprint density at radius 2 is 1.83 bits per heavy atom. The molecule has 1 aliphatic rings. The second kappa shape index (κ2) is 7.43. The van der Waals surface area contributed by atoms with Crippen molar-refractivity contribution in [2.75, 3.05) is 5.32 Å². The standard InChI is InChI=1S/C21H14N4O3S2/c26-20-13-5-1-2-6-14(13)22-19(24-20)12-9-10-18(16(11-12)25(27)28)30-21-23-15-7-3-4-8-17(15)29-21/h1-11,19,22H,(H,24,26)/t19-/m1/s1. The lowest BCUT2D eigenvalue weighted by Gasteiger charge is -2.28. The van der Waals surface area contributed by atoms with Gasteiger partial charge in [-0.25, -0.2) is 4.98 Å². The first-order valence-electron chi connectivity index (χ1n) is 9.07. The molecule has 148 valence electrons. The first-order valence-corrected chi connectivity index (χ1v) is 10.7. The van der Waals surface area contributed by atoms with Crippen molar-refractivity contribution >= 4 is 50.6 Å². The van der Waals surface area contributed by atoms with Gasteiger partial charge in [-0.2, -0.15) is 0 Å². The normalized spacial score (nSPS) is 15.3. The van der Waals surface area contributed by atoms with Gasteiger partial charge in [0, 0.05) is 17.3 Å². The van der Waals surface area contributed by atoms with E-state index < -0.39 is 11.1 Å². The number of hydrogen-bond donors (Lipinski definition) is 2. The molecule has 2 heterocycles. The molecule has 3 aromatic carbocycles. The third-order valence-corrected chi connectivity index (χ3v) is 6.89. The maximum atomic E-state index is 12.4. The highest BCUT2D eigenvalue weighted by atomic mass is 32.2. The van der Waals surface area contributed by atoms with E-state index in [1.807, 2.05) is 36.4 Å². The predicted octanol–water partition coefficient (Wildman–Crippen LogP) is 5.21. The molecule has 0 saturated heterocycles. The quantitative estimate of drug-likeness (QED) is 0.338. The zero-order valence-corrected chi connectivity index (χ0v) is 17.0. The van der Waals surface area contributed by atoms with Gasteiger partial charge in [0.05, 0.1) is 25.6 Å². The summed E-state index contributed by atoms with van der Waals surface area (Å²) < 4.78 is 1.78. The number of nitrogens with zero attached hydrogens (tertiary/aromatic N) is 2. The maximum absolute atomic E-state index is 12.4. The number of hydrogen-bond acceptors (Lipinski definition) is 7. The van der Waals surface area contributed by atoms with Crippen LogP contribution in [0.4, 0.5) is 11.4 Å². The molecule has 1 aromatic heterocycles. The topological polar surface area (TPSA) is 97.2 Å². The molecule has 7 nitrogen and oxygen atoms in total. The SMILES string of the molecule is O=C1N[C@H](c2ccc(Sc3nc4ccccc4s3)c([N+](=O)[O-])c2)Nc2ccccc21. The zero-order valence-electron chi connectivity index (χ0n) is 15.4. The van der Waals surface area contributed by atoms with Crippen molar-refractivity contribution in [1.82, 2.24) is 10.3 Å². The molecule has 0 spiro atoms. The fraction of sp³-hybridized carbons (Fsp3) is 0.0476. The predicted molar refractivity (Wildman–Crippen MR) is 117 cm³/mol. The zero-order chi connectivity index (χ0) is 20.7. The Bertz CT molecular complexity index is 1270. The molecular weight excluding hydrogens is 420 g/mol. The van der Waals surface area contributed by atoms with Crippen molar-refractivity contribution in [1.29, 1.82) is 0 Å². The Morgan fingerprint density at radius 3 is 2.67 bits per heavy atom. The molecule has 5 rings (SSSR count). The van der Waals surface area contributed by atoms with Crippen LogP contribution in [-0.4, -0.2) is 15.8 Å². The number of nitro benzene ring substituents is 1. The lowest BCUT2D eigenvalue weighted by molar-refractivity contribution is -0.387. The van der Waals surface area contributed by atoms with Crippen LogP contribution in [0.1, 0.15) is 22.1 Å². The van der Waals surface area contributed by atoms with Gasteiger partial charge in [-0.15, -0.1) is 11.3 Å². The summed E-state index contributed by atoms with van der Waals surface area (Å²) in [5.74, 6) is -0.218. The molecule has 1 amide bonds. The van der Waals surface area contributed by atoms with E-state index in [4.69, 9.17) is 0 Å². The van der Waals surface area contributed by atoms with Crippen molar-refractivity contribution in [3.63, 3.8) is 0 Å². The first-order chi connectivity index (χ1) is 14.6. The highest BCUT2D eigenvalue weighted by Gasteiger charge is 2.26. The van der Waals surface area contributed by atoms with Crippen molar-refractivity contribution < 1.29 is 9.72 Å². The van der Waals surface area contributed by atoms with Crippen LogP contribution in [0.3, 0.4) is 0 Å². The number of para-hydroxylation sites is 2. The van der Waals surface area contributed by atoms with E-state index in [1.54, 1.807) is 24.3 Å². The first kappa shape index (κ1) is 18.6. The number of aromatic nitrogens is 1. The van der Waals surface area contributed by atoms with Gasteiger partial charge in [0.15, 0.2) is 4.34 Å². The van der Waals surface area contributed by atoms with E-state index in [1.165, 1.54) is 29.2 Å². The average molecular weight is 435 g/mol. The third-order valence-electron chi connectivity index (χ3n) is 4.73. The van der Waals surface area contributed by atoms with E-state index in [0.29, 0.717) is 21.7 Å². The van der Waals surface area contributed by atoms with Gasteiger partial charge in [-0.3, -0.25) is 14.9 Å². The number of rotatable bonds is 4. The number of fused-ring (bicyclic) bond motifs is 2. The number of thiazole rings is 1. The van der Waals surface area contributed by atoms with Crippen LogP contribution < -0.4 is 10.6 Å². The number of nitro groups is 1. The lowest BCUT2D eigenvalue weighted by Crippen LogP contribution is -2.38. The number of nitrogens with one attached hydrogen (secondary N) is 2. The number of benzene rings is 3. The molecule has 1 atom stereocenters. The van der Waals surface area contributed by atoms with Gasteiger partial charge in [0.25, 0.3) is 11.6 Å². The van der Waals surface area contributed by atoms with Gasteiger partial charge in [0.2, 0.25) is 0 Å². The molecule has 0 aliphatic carbocycles. The van der Waals surface area contributed by atoms with Crippen molar-refractivity contribution in [2.24, 2.45) is 0 Å². The number of carbonyl (C=O) groups excluding carboxylic acids is 1. The minimum Gasteiger partial charge on any atom is -0.361 e. The molecule has 4 aromatic rings. The lowest BCUT2D eigenvalue weighted by atomic mass is 10.1. The molecule has 2 N–H and O–H groups in total. The van der Waals surface area contributed by atoms with E-state index in [-0.39, 0.29) is 11.6 Å². The molecule has 0 saturated carbocycles. The van der Waals surface area contributed by atoms with Gasteiger partial charge in [-0.1, -0.05) is 42.1 Å². The Balaban J connectivity index is 1.47. The number of anilines is 1. The molecular formula is C21H14N4O3S2. The Kier molecular flexibility index (Phi) is 4.61. The van der Waals surface area contributed by atoms with Crippen LogP contribution in [0.15, 0.2) is 76.0 Å². The van der Waals surface area contributed by atoms with Crippen molar-refractivity contribution in [3.8, 4) is 0 Å². The van der Waals surface area contributed by atoms with Crippen LogP contribution in [0, 0.1) is 10.1 Å². The Hall–Kier alpha value is -3.43. The summed E-state index contributed by atoms with van der Waals surface area (Å²) in [6.07, 6.45) is -0.549. The van der Waals surface area contributed by atoms with Crippen LogP contribution in [0.5, 0.6) is 0 Å². The number of amides is 1. The highest BCUT2D eigenvalue weighted by molar-refractivity contribution is 8.01. The fourth-order valence-electron chi connectivity index (χ4n) is 3.31. The Morgan fingerprint density at radius 1 is 1.03 bits per heavy atom. The monoisotopic (exact) mass is 434 g/mol. The van der Waals surface area contributed by atoms with E-state index in [0.717, 1.165) is 14.6 Å². The second-order valence-corrected chi connectivity index (χ2v) is 8.95. The van der Waals surface area contributed by atoms with E-state index in [2.05, 4.69) is 15.6 Å². The van der Waals surface area contributed by atoms with E-state index >= 15 is 0 Å². The average Bonchev–Trinajstić information content (AvgIpc) is 3.16. The van der Waals surface area contributed by atoms with Gasteiger partial charge >= 0.3 is 0 Å². The number of carbonyl (C=O) groups is 1. The molecule has 0 fully saturated rings. The minimum absolute atomic E-state index is 0.0216. The molecule has 0 unspecified atom stereocenters. The summed E-state index contributed by atoms with van der Waals surface area (Å²) in [4.78, 5) is 28.8. The molecule has 0 bridgehead atoms. The van der Waals surface area contributed by atoms with Crippen LogP contribution >= 0.6 is 23.1 Å². The Labute approximate surface area is 179 Å². The summed E-state index contributed by atoms with van der Waals surface area (Å²) in [5.41, 5.74) is 2.70. The van der Waals surface area contributed by atoms with Crippen molar-refractivity contribution in [3.05, 3.63) is 88.0 Å². The second-order valence-electron chi connectivity index (χ2n) is 6.63. The fourth-order valence-corrected chi connectivity index (χ4v) is 5.41. The van der Waals surface area contributed by atoms with Crippen LogP contribution in [0.2, 0.25) is 0 Å². The highest BCUT2D eigenvalue weighted by Crippen LogP contribution is 2.40. The van der Waals surface area contributed by atoms with Crippen LogP contribution in [-0.2, 0) is 0 Å². The largest absolute Gasteiger partial charge is 0.361 e. The minimum atomic E-state index is -0.549. The molecule has 0 radical (unpaired) electrons. The van der Waals surface area contributed by atoms with E-state index in [9.17, 15) is 14.9 Å². The maximum Gasteiger partial charge on any atom is 0.283 e. The summed E-state index contributed by atoms with van der Waals surface area (Å²) in [5, 5.41) is 17.8. The van der Waals surface area contributed by atoms with Gasteiger partial charge < -0.3 is 10.6 Å². The summed E-state index contributed by atoms with van der Waals surface area (Å²) in [6.45, 7) is 0. The summed E-state index contributed by atoms with van der Waals surface area (Å²) >= 11 is 2.77.